The predicted molar refractivity (Wildman–Crippen MR) is 202 cm³/mol. The summed E-state index contributed by atoms with van der Waals surface area (Å²) in [5, 5.41) is 9.91. The highest BCUT2D eigenvalue weighted by Gasteiger charge is 2.17. The molecule has 2 aromatic heterocycles. The third kappa shape index (κ3) is 4.25. The zero-order chi connectivity index (χ0) is 30.9. The molecule has 0 spiro atoms. The molecule has 0 amide bonds. The second-order valence-corrected chi connectivity index (χ2v) is 13.2. The first-order valence-corrected chi connectivity index (χ1v) is 16.7. The van der Waals surface area contributed by atoms with Crippen molar-refractivity contribution in [2.75, 3.05) is 4.90 Å². The maximum Gasteiger partial charge on any atom is 0.135 e. The lowest BCUT2D eigenvalue weighted by Gasteiger charge is -2.26. The summed E-state index contributed by atoms with van der Waals surface area (Å²) in [6, 6.07) is 59.2. The quantitative estimate of drug-likeness (QED) is 0.183. The number of furan rings is 1. The minimum absolute atomic E-state index is 0.915. The minimum Gasteiger partial charge on any atom is -0.456 e. The van der Waals surface area contributed by atoms with Crippen LogP contribution in [0.25, 0.3) is 74.8 Å². The molecule has 2 nitrogen and oxygen atoms in total. The fourth-order valence-corrected chi connectivity index (χ4v) is 8.23. The zero-order valence-corrected chi connectivity index (χ0v) is 26.2. The molecular formula is C44H27NOS. The molecule has 3 heteroatoms. The van der Waals surface area contributed by atoms with Crippen molar-refractivity contribution in [2.45, 2.75) is 0 Å². The van der Waals surface area contributed by atoms with E-state index in [2.05, 4.69) is 157 Å². The van der Waals surface area contributed by atoms with Crippen LogP contribution in [0.3, 0.4) is 0 Å². The molecule has 0 bridgehead atoms. The molecule has 220 valence electrons. The molecule has 2 heterocycles. The molecule has 0 N–H and O–H groups in total. The molecule has 0 aliphatic heterocycles. The van der Waals surface area contributed by atoms with Crippen LogP contribution in [0.5, 0.6) is 0 Å². The minimum atomic E-state index is 0.915. The van der Waals surface area contributed by atoms with Crippen LogP contribution in [0, 0.1) is 0 Å². The van der Waals surface area contributed by atoms with E-state index in [1.54, 1.807) is 0 Å². The number of benzene rings is 8. The Morgan fingerprint density at radius 2 is 1.00 bits per heavy atom. The molecular weight excluding hydrogens is 591 g/mol. The second-order valence-electron chi connectivity index (χ2n) is 12.2. The molecule has 0 fully saturated rings. The Bertz CT molecular complexity index is 2810. The van der Waals surface area contributed by atoms with Gasteiger partial charge in [-0.05, 0) is 99.4 Å². The van der Waals surface area contributed by atoms with Crippen molar-refractivity contribution >= 4 is 92.1 Å². The van der Waals surface area contributed by atoms with Gasteiger partial charge in [0.2, 0.25) is 0 Å². The van der Waals surface area contributed by atoms with Crippen molar-refractivity contribution in [3.8, 4) is 11.1 Å². The number of thiophene rings is 1. The first kappa shape index (κ1) is 26.3. The maximum atomic E-state index is 6.09. The molecule has 0 saturated carbocycles. The Labute approximate surface area is 275 Å². The number of hydrogen-bond donors (Lipinski definition) is 0. The van der Waals surface area contributed by atoms with Gasteiger partial charge < -0.3 is 9.32 Å². The zero-order valence-electron chi connectivity index (χ0n) is 25.4. The Hall–Kier alpha value is -5.90. The van der Waals surface area contributed by atoms with E-state index in [0.717, 1.165) is 39.0 Å². The highest BCUT2D eigenvalue weighted by molar-refractivity contribution is 7.25. The number of rotatable bonds is 4. The second kappa shape index (κ2) is 10.3. The van der Waals surface area contributed by atoms with Gasteiger partial charge in [0, 0.05) is 48.0 Å². The number of fused-ring (bicyclic) bond motifs is 9. The molecule has 8 aromatic carbocycles. The third-order valence-corrected chi connectivity index (χ3v) is 10.6. The van der Waals surface area contributed by atoms with E-state index >= 15 is 0 Å². The normalized spacial score (nSPS) is 11.8. The van der Waals surface area contributed by atoms with Gasteiger partial charge in [0.05, 0.1) is 0 Å². The summed E-state index contributed by atoms with van der Waals surface area (Å²) in [7, 11) is 0. The van der Waals surface area contributed by atoms with Gasteiger partial charge in [-0.3, -0.25) is 0 Å². The fourth-order valence-electron chi connectivity index (χ4n) is 7.15. The van der Waals surface area contributed by atoms with Crippen LogP contribution in [-0.2, 0) is 0 Å². The van der Waals surface area contributed by atoms with Gasteiger partial charge in [0.15, 0.2) is 0 Å². The van der Waals surface area contributed by atoms with Gasteiger partial charge in [0.25, 0.3) is 0 Å². The van der Waals surface area contributed by atoms with Crippen LogP contribution in [0.4, 0.5) is 17.1 Å². The summed E-state index contributed by atoms with van der Waals surface area (Å²) >= 11 is 1.85. The molecule has 0 saturated heterocycles. The molecule has 47 heavy (non-hydrogen) atoms. The highest BCUT2D eigenvalue weighted by Crippen LogP contribution is 2.42. The number of para-hydroxylation sites is 1. The predicted octanol–water partition coefficient (Wildman–Crippen LogP) is 13.4. The standard InChI is InChI=1S/C44H27NOS/c1-2-8-35-29(7-1)13-14-31-25-33(20-22-36(31)35)45(34-21-24-44-40(27-34)38-10-4-6-12-43(38)47-44)32-18-15-28(16-19-32)30-17-23-42-39(26-30)37-9-3-5-11-41(37)46-42/h1-27H. The van der Waals surface area contributed by atoms with Gasteiger partial charge in [-0.25, -0.2) is 0 Å². The molecule has 0 unspecified atom stereocenters. The van der Waals surface area contributed by atoms with E-state index in [0.29, 0.717) is 0 Å². The SMILES string of the molecule is c1ccc2c(c1)ccc1cc(N(c3ccc(-c4ccc5oc6ccccc6c5c4)cc3)c3ccc4sc5ccccc5c4c3)ccc12. The fraction of sp³-hybridized carbons (Fsp3) is 0. The van der Waals surface area contributed by atoms with Crippen molar-refractivity contribution in [1.29, 1.82) is 0 Å². The molecule has 0 radical (unpaired) electrons. The Morgan fingerprint density at radius 3 is 1.91 bits per heavy atom. The topological polar surface area (TPSA) is 16.4 Å². The van der Waals surface area contributed by atoms with E-state index in [1.807, 2.05) is 23.5 Å². The third-order valence-electron chi connectivity index (χ3n) is 9.44. The number of nitrogens with zero attached hydrogens (tertiary/aromatic N) is 1. The number of anilines is 3. The Balaban J connectivity index is 1.13. The summed E-state index contributed by atoms with van der Waals surface area (Å²) in [5.41, 5.74) is 7.56. The van der Waals surface area contributed by atoms with Crippen molar-refractivity contribution in [1.82, 2.24) is 0 Å². The van der Waals surface area contributed by atoms with Crippen molar-refractivity contribution < 1.29 is 4.42 Å². The lowest BCUT2D eigenvalue weighted by atomic mass is 10.0. The van der Waals surface area contributed by atoms with Gasteiger partial charge in [-0.2, -0.15) is 0 Å². The van der Waals surface area contributed by atoms with Gasteiger partial charge in [-0.15, -0.1) is 11.3 Å². The van der Waals surface area contributed by atoms with Gasteiger partial charge in [-0.1, -0.05) is 97.1 Å². The molecule has 10 aromatic rings. The van der Waals surface area contributed by atoms with Crippen LogP contribution in [0.1, 0.15) is 0 Å². The smallest absolute Gasteiger partial charge is 0.135 e. The largest absolute Gasteiger partial charge is 0.456 e. The Kier molecular flexibility index (Phi) is 5.78. The molecule has 10 rings (SSSR count). The molecule has 0 atom stereocenters. The average Bonchev–Trinajstić information content (AvgIpc) is 3.70. The van der Waals surface area contributed by atoms with Crippen molar-refractivity contribution in [2.24, 2.45) is 0 Å². The lowest BCUT2D eigenvalue weighted by Crippen LogP contribution is -2.09. The average molecular weight is 618 g/mol. The maximum absolute atomic E-state index is 6.09. The van der Waals surface area contributed by atoms with Crippen LogP contribution < -0.4 is 4.90 Å². The summed E-state index contributed by atoms with van der Waals surface area (Å²) in [6.07, 6.45) is 0. The lowest BCUT2D eigenvalue weighted by molar-refractivity contribution is 0.669. The van der Waals surface area contributed by atoms with Crippen LogP contribution in [0.15, 0.2) is 168 Å². The first-order valence-electron chi connectivity index (χ1n) is 15.9. The summed E-state index contributed by atoms with van der Waals surface area (Å²) < 4.78 is 8.71. The molecule has 0 aliphatic carbocycles. The first-order chi connectivity index (χ1) is 23.3. The van der Waals surface area contributed by atoms with Gasteiger partial charge in [0.1, 0.15) is 11.2 Å². The van der Waals surface area contributed by atoms with E-state index in [4.69, 9.17) is 4.42 Å². The summed E-state index contributed by atoms with van der Waals surface area (Å²) in [6.45, 7) is 0. The summed E-state index contributed by atoms with van der Waals surface area (Å²) in [5.74, 6) is 0. The van der Waals surface area contributed by atoms with E-state index in [9.17, 15) is 0 Å². The Morgan fingerprint density at radius 1 is 0.362 bits per heavy atom. The van der Waals surface area contributed by atoms with Crippen LogP contribution >= 0.6 is 11.3 Å². The van der Waals surface area contributed by atoms with E-state index in [1.165, 1.54) is 52.8 Å². The van der Waals surface area contributed by atoms with E-state index < -0.39 is 0 Å². The molecule has 0 aliphatic rings. The highest BCUT2D eigenvalue weighted by atomic mass is 32.1. The van der Waals surface area contributed by atoms with Gasteiger partial charge >= 0.3 is 0 Å². The number of hydrogen-bond acceptors (Lipinski definition) is 3. The van der Waals surface area contributed by atoms with Crippen LogP contribution in [-0.4, -0.2) is 0 Å². The van der Waals surface area contributed by atoms with Crippen molar-refractivity contribution in [3.63, 3.8) is 0 Å². The van der Waals surface area contributed by atoms with E-state index in [-0.39, 0.29) is 0 Å². The van der Waals surface area contributed by atoms with Crippen molar-refractivity contribution in [3.05, 3.63) is 164 Å². The van der Waals surface area contributed by atoms with Crippen LogP contribution in [0.2, 0.25) is 0 Å². The summed E-state index contributed by atoms with van der Waals surface area (Å²) in [4.78, 5) is 2.39. The monoisotopic (exact) mass is 617 g/mol.